The number of rotatable bonds is 5. The van der Waals surface area contributed by atoms with Gasteiger partial charge in [-0.05, 0) is 35.4 Å². The number of nitrogens with one attached hydrogen (secondary N) is 1. The quantitative estimate of drug-likeness (QED) is 0.693. The van der Waals surface area contributed by atoms with Crippen LogP contribution in [-0.4, -0.2) is 0 Å². The highest BCUT2D eigenvalue weighted by Crippen LogP contribution is 2.29. The van der Waals surface area contributed by atoms with Gasteiger partial charge in [-0.3, -0.25) is 0 Å². The van der Waals surface area contributed by atoms with Crippen molar-refractivity contribution >= 4 is 22.7 Å². The van der Waals surface area contributed by atoms with Crippen molar-refractivity contribution in [3.8, 4) is 10.4 Å². The molecule has 0 radical (unpaired) electrons. The van der Waals surface area contributed by atoms with E-state index in [9.17, 15) is 0 Å². The highest BCUT2D eigenvalue weighted by Gasteiger charge is 2.03. The molecule has 1 N–H and O–H groups in total. The van der Waals surface area contributed by atoms with Gasteiger partial charge >= 0.3 is 0 Å². The molecule has 0 aliphatic carbocycles. The normalized spacial score (nSPS) is 10.8. The molecular weight excluding hydrogens is 282 g/mol. The van der Waals surface area contributed by atoms with Crippen LogP contribution in [0.25, 0.3) is 10.4 Å². The first-order valence-electron chi connectivity index (χ1n) is 6.69. The Kier molecular flexibility index (Phi) is 4.31. The lowest BCUT2D eigenvalue weighted by molar-refractivity contribution is 0.701. The summed E-state index contributed by atoms with van der Waals surface area (Å²) >= 11 is 3.63. The van der Waals surface area contributed by atoms with Crippen LogP contribution in [0.15, 0.2) is 53.2 Å². The lowest BCUT2D eigenvalue weighted by Crippen LogP contribution is -2.11. The maximum Gasteiger partial charge on any atom is 0.0351 e. The van der Waals surface area contributed by atoms with Gasteiger partial charge in [-0.25, -0.2) is 0 Å². The summed E-state index contributed by atoms with van der Waals surface area (Å²) in [6.07, 6.45) is 0. The van der Waals surface area contributed by atoms with E-state index < -0.39 is 0 Å². The molecule has 0 saturated carbocycles. The predicted octanol–water partition coefficient (Wildman–Crippen LogP) is 5.07. The zero-order valence-electron chi connectivity index (χ0n) is 11.4. The van der Waals surface area contributed by atoms with Gasteiger partial charge in [-0.2, -0.15) is 0 Å². The van der Waals surface area contributed by atoms with Crippen LogP contribution < -0.4 is 5.32 Å². The zero-order chi connectivity index (χ0) is 13.8. The molecule has 3 heteroatoms. The van der Waals surface area contributed by atoms with Gasteiger partial charge in [0.15, 0.2) is 0 Å². The van der Waals surface area contributed by atoms with Crippen molar-refractivity contribution in [2.45, 2.75) is 20.0 Å². The second-order valence-electron chi connectivity index (χ2n) is 4.87. The third kappa shape index (κ3) is 3.37. The largest absolute Gasteiger partial charge is 0.308 e. The molecule has 3 aromatic rings. The molecule has 0 amide bonds. The fourth-order valence-electron chi connectivity index (χ4n) is 2.08. The summed E-state index contributed by atoms with van der Waals surface area (Å²) in [5.41, 5.74) is 4.00. The van der Waals surface area contributed by atoms with E-state index in [2.05, 4.69) is 65.5 Å². The average molecular weight is 299 g/mol. The minimum absolute atomic E-state index is 0.923. The predicted molar refractivity (Wildman–Crippen MR) is 89.4 cm³/mol. The smallest absolute Gasteiger partial charge is 0.0351 e. The van der Waals surface area contributed by atoms with Gasteiger partial charge in [-0.15, -0.1) is 22.7 Å². The summed E-state index contributed by atoms with van der Waals surface area (Å²) in [5, 5.41) is 7.88. The topological polar surface area (TPSA) is 12.0 Å². The van der Waals surface area contributed by atoms with Crippen molar-refractivity contribution in [2.24, 2.45) is 0 Å². The van der Waals surface area contributed by atoms with E-state index in [4.69, 9.17) is 0 Å². The standard InChI is InChI=1S/C17H17NS2/c1-13-4-6-14(7-5-13)10-18-11-16-9-15(12-20-16)17-3-2-8-19-17/h2-9,12,18H,10-11H2,1H3. The molecule has 0 spiro atoms. The summed E-state index contributed by atoms with van der Waals surface area (Å²) in [4.78, 5) is 2.74. The molecule has 2 heterocycles. The van der Waals surface area contributed by atoms with Gasteiger partial charge in [0.1, 0.15) is 0 Å². The lowest BCUT2D eigenvalue weighted by Gasteiger charge is -2.03. The summed E-state index contributed by atoms with van der Waals surface area (Å²) in [7, 11) is 0. The minimum atomic E-state index is 0.923. The van der Waals surface area contributed by atoms with E-state index in [0.29, 0.717) is 0 Å². The lowest BCUT2D eigenvalue weighted by atomic mass is 10.1. The van der Waals surface area contributed by atoms with E-state index in [1.54, 1.807) is 11.3 Å². The highest BCUT2D eigenvalue weighted by molar-refractivity contribution is 7.14. The van der Waals surface area contributed by atoms with E-state index >= 15 is 0 Å². The Morgan fingerprint density at radius 3 is 2.60 bits per heavy atom. The summed E-state index contributed by atoms with van der Waals surface area (Å²) in [6, 6.07) is 15.3. The molecule has 0 saturated heterocycles. The first kappa shape index (κ1) is 13.6. The fraction of sp³-hybridized carbons (Fsp3) is 0.176. The van der Waals surface area contributed by atoms with Gasteiger partial charge in [0.05, 0.1) is 0 Å². The Morgan fingerprint density at radius 2 is 1.85 bits per heavy atom. The monoisotopic (exact) mass is 299 g/mol. The number of aryl methyl sites for hydroxylation is 1. The first-order valence-corrected chi connectivity index (χ1v) is 8.45. The number of hydrogen-bond donors (Lipinski definition) is 1. The summed E-state index contributed by atoms with van der Waals surface area (Å²) < 4.78 is 0. The van der Waals surface area contributed by atoms with E-state index in [0.717, 1.165) is 13.1 Å². The van der Waals surface area contributed by atoms with E-state index in [1.807, 2.05) is 11.3 Å². The van der Waals surface area contributed by atoms with Crippen molar-refractivity contribution in [1.82, 2.24) is 5.32 Å². The van der Waals surface area contributed by atoms with Crippen molar-refractivity contribution in [3.05, 3.63) is 69.2 Å². The summed E-state index contributed by atoms with van der Waals surface area (Å²) in [6.45, 7) is 3.98. The van der Waals surface area contributed by atoms with Gasteiger partial charge in [-0.1, -0.05) is 35.9 Å². The number of hydrogen-bond acceptors (Lipinski definition) is 3. The fourth-order valence-corrected chi connectivity index (χ4v) is 3.72. The van der Waals surface area contributed by atoms with Crippen molar-refractivity contribution in [1.29, 1.82) is 0 Å². The average Bonchev–Trinajstić information content (AvgIpc) is 3.11. The molecule has 2 aromatic heterocycles. The van der Waals surface area contributed by atoms with E-state index in [1.165, 1.54) is 26.4 Å². The molecule has 0 aliphatic heterocycles. The Hall–Kier alpha value is -1.42. The SMILES string of the molecule is Cc1ccc(CNCc2cc(-c3cccs3)cs2)cc1. The van der Waals surface area contributed by atoms with Crippen LogP contribution in [0.3, 0.4) is 0 Å². The highest BCUT2D eigenvalue weighted by atomic mass is 32.1. The molecule has 0 bridgehead atoms. The first-order chi connectivity index (χ1) is 9.81. The molecule has 1 aromatic carbocycles. The third-order valence-corrected chi connectivity index (χ3v) is 5.06. The van der Waals surface area contributed by atoms with Crippen molar-refractivity contribution in [3.63, 3.8) is 0 Å². The third-order valence-electron chi connectivity index (χ3n) is 3.21. The molecule has 0 atom stereocenters. The van der Waals surface area contributed by atoms with Crippen LogP contribution in [0.1, 0.15) is 16.0 Å². The van der Waals surface area contributed by atoms with Crippen molar-refractivity contribution in [2.75, 3.05) is 0 Å². The molecule has 0 fully saturated rings. The molecule has 0 unspecified atom stereocenters. The van der Waals surface area contributed by atoms with Crippen LogP contribution in [0, 0.1) is 6.92 Å². The zero-order valence-corrected chi connectivity index (χ0v) is 13.1. The Bertz CT molecular complexity index is 651. The van der Waals surface area contributed by atoms with Gasteiger partial charge in [0.2, 0.25) is 0 Å². The Balaban J connectivity index is 1.55. The van der Waals surface area contributed by atoms with Crippen LogP contribution in [-0.2, 0) is 13.1 Å². The van der Waals surface area contributed by atoms with E-state index in [-0.39, 0.29) is 0 Å². The second-order valence-corrected chi connectivity index (χ2v) is 6.81. The molecule has 20 heavy (non-hydrogen) atoms. The Labute approximate surface area is 127 Å². The van der Waals surface area contributed by atoms with Crippen molar-refractivity contribution < 1.29 is 0 Å². The van der Waals surface area contributed by atoms with Crippen LogP contribution >= 0.6 is 22.7 Å². The maximum atomic E-state index is 3.51. The van der Waals surface area contributed by atoms with Gasteiger partial charge in [0, 0.05) is 28.4 Å². The van der Waals surface area contributed by atoms with Crippen LogP contribution in [0.5, 0.6) is 0 Å². The summed E-state index contributed by atoms with van der Waals surface area (Å²) in [5.74, 6) is 0. The van der Waals surface area contributed by atoms with Gasteiger partial charge < -0.3 is 5.32 Å². The minimum Gasteiger partial charge on any atom is -0.308 e. The number of benzene rings is 1. The molecule has 3 rings (SSSR count). The molecule has 1 nitrogen and oxygen atoms in total. The van der Waals surface area contributed by atoms with Crippen LogP contribution in [0.2, 0.25) is 0 Å². The van der Waals surface area contributed by atoms with Crippen LogP contribution in [0.4, 0.5) is 0 Å². The molecule has 0 aliphatic rings. The second kappa shape index (κ2) is 6.35. The van der Waals surface area contributed by atoms with Gasteiger partial charge in [0.25, 0.3) is 0 Å². The number of thiophene rings is 2. The molecular formula is C17H17NS2. The Morgan fingerprint density at radius 1 is 1.00 bits per heavy atom. The molecule has 102 valence electrons. The maximum absolute atomic E-state index is 3.51.